The third-order valence-corrected chi connectivity index (χ3v) is 6.21. The number of nitrogens with one attached hydrogen (secondary N) is 1. The maximum absolute atomic E-state index is 12.8. The van der Waals surface area contributed by atoms with E-state index in [9.17, 15) is 4.79 Å². The minimum atomic E-state index is -0.340. The average Bonchev–Trinajstić information content (AvgIpc) is 3.43. The standard InChI is InChI=1S/C20H18N6OS2/c1-2-17(29-20-23-24-25-26(20)15-11-7-4-8-12-15)18(27)22-19-21-16(13-28-19)14-9-5-3-6-10-14/h3-13,17H,2H2,1H3,(H,21,22,27). The van der Waals surface area contributed by atoms with Crippen LogP contribution in [0.2, 0.25) is 0 Å². The molecule has 0 aliphatic heterocycles. The van der Waals surface area contributed by atoms with E-state index in [2.05, 4.69) is 25.8 Å². The molecule has 7 nitrogen and oxygen atoms in total. The van der Waals surface area contributed by atoms with Crippen LogP contribution in [0.1, 0.15) is 13.3 Å². The van der Waals surface area contributed by atoms with Crippen LogP contribution in [-0.4, -0.2) is 36.3 Å². The van der Waals surface area contributed by atoms with Crippen LogP contribution in [0.5, 0.6) is 0 Å². The molecule has 0 bridgehead atoms. The molecular weight excluding hydrogens is 404 g/mol. The van der Waals surface area contributed by atoms with E-state index in [0.717, 1.165) is 16.9 Å². The summed E-state index contributed by atoms with van der Waals surface area (Å²) < 4.78 is 1.64. The Morgan fingerprint density at radius 1 is 1.14 bits per heavy atom. The second-order valence-corrected chi connectivity index (χ2v) is 8.14. The molecule has 29 heavy (non-hydrogen) atoms. The second-order valence-electron chi connectivity index (χ2n) is 6.12. The molecule has 0 saturated carbocycles. The summed E-state index contributed by atoms with van der Waals surface area (Å²) in [6.45, 7) is 1.96. The first kappa shape index (κ1) is 19.3. The zero-order valence-corrected chi connectivity index (χ0v) is 17.2. The van der Waals surface area contributed by atoms with Crippen LogP contribution in [-0.2, 0) is 4.79 Å². The number of benzene rings is 2. The van der Waals surface area contributed by atoms with Crippen molar-refractivity contribution >= 4 is 34.1 Å². The van der Waals surface area contributed by atoms with Crippen LogP contribution in [0.3, 0.4) is 0 Å². The van der Waals surface area contributed by atoms with Crippen molar-refractivity contribution in [3.05, 3.63) is 66.0 Å². The number of thioether (sulfide) groups is 1. The zero-order chi connectivity index (χ0) is 20.1. The molecule has 4 rings (SSSR count). The van der Waals surface area contributed by atoms with E-state index in [0.29, 0.717) is 16.7 Å². The molecule has 1 unspecified atom stereocenters. The molecule has 146 valence electrons. The van der Waals surface area contributed by atoms with Gasteiger partial charge in [0.2, 0.25) is 11.1 Å². The molecule has 2 aromatic heterocycles. The van der Waals surface area contributed by atoms with E-state index in [1.807, 2.05) is 73.0 Å². The van der Waals surface area contributed by atoms with Gasteiger partial charge >= 0.3 is 0 Å². The van der Waals surface area contributed by atoms with E-state index < -0.39 is 0 Å². The normalized spacial score (nSPS) is 11.9. The van der Waals surface area contributed by atoms with E-state index in [-0.39, 0.29) is 11.2 Å². The number of amides is 1. The second kappa shape index (κ2) is 8.97. The lowest BCUT2D eigenvalue weighted by atomic mass is 10.2. The molecule has 0 saturated heterocycles. The Balaban J connectivity index is 1.46. The van der Waals surface area contributed by atoms with Gasteiger partial charge in [-0.3, -0.25) is 4.79 Å². The highest BCUT2D eigenvalue weighted by atomic mass is 32.2. The maximum atomic E-state index is 12.8. The molecule has 2 heterocycles. The first-order valence-corrected chi connectivity index (χ1v) is 10.8. The number of carbonyl (C=O) groups excluding carboxylic acids is 1. The van der Waals surface area contributed by atoms with E-state index in [4.69, 9.17) is 0 Å². The fraction of sp³-hybridized carbons (Fsp3) is 0.150. The summed E-state index contributed by atoms with van der Waals surface area (Å²) in [5.74, 6) is -0.117. The number of aromatic nitrogens is 5. The van der Waals surface area contributed by atoms with Gasteiger partial charge in [-0.05, 0) is 29.0 Å². The Bertz CT molecular complexity index is 1080. The minimum absolute atomic E-state index is 0.117. The molecule has 9 heteroatoms. The van der Waals surface area contributed by atoms with Crippen molar-refractivity contribution in [2.24, 2.45) is 0 Å². The third-order valence-electron chi connectivity index (χ3n) is 4.16. The Morgan fingerprint density at radius 3 is 2.59 bits per heavy atom. The molecule has 0 aliphatic carbocycles. The van der Waals surface area contributed by atoms with Gasteiger partial charge in [0.05, 0.1) is 16.6 Å². The van der Waals surface area contributed by atoms with Crippen LogP contribution in [0, 0.1) is 0 Å². The van der Waals surface area contributed by atoms with Gasteiger partial charge in [0.1, 0.15) is 0 Å². The van der Waals surface area contributed by atoms with Gasteiger partial charge in [-0.25, -0.2) is 4.98 Å². The highest BCUT2D eigenvalue weighted by Crippen LogP contribution is 2.28. The third kappa shape index (κ3) is 4.52. The van der Waals surface area contributed by atoms with E-state index >= 15 is 0 Å². The Morgan fingerprint density at radius 2 is 1.86 bits per heavy atom. The van der Waals surface area contributed by atoms with Crippen LogP contribution in [0.15, 0.2) is 71.2 Å². The van der Waals surface area contributed by atoms with Crippen molar-refractivity contribution in [2.45, 2.75) is 23.8 Å². The summed E-state index contributed by atoms with van der Waals surface area (Å²) >= 11 is 2.75. The lowest BCUT2D eigenvalue weighted by molar-refractivity contribution is -0.115. The van der Waals surface area contributed by atoms with Gasteiger partial charge in [0, 0.05) is 10.9 Å². The smallest absolute Gasteiger partial charge is 0.239 e. The van der Waals surface area contributed by atoms with Crippen molar-refractivity contribution in [2.75, 3.05) is 5.32 Å². The SMILES string of the molecule is CCC(Sc1nnnn1-c1ccccc1)C(=O)Nc1nc(-c2ccccc2)cs1. The maximum Gasteiger partial charge on any atom is 0.239 e. The highest BCUT2D eigenvalue weighted by Gasteiger charge is 2.23. The summed E-state index contributed by atoms with van der Waals surface area (Å²) in [5.41, 5.74) is 2.72. The molecule has 0 fully saturated rings. The molecule has 0 aliphatic rings. The zero-order valence-electron chi connectivity index (χ0n) is 15.6. The number of anilines is 1. The van der Waals surface area contributed by atoms with Gasteiger partial charge < -0.3 is 5.32 Å². The lowest BCUT2D eigenvalue weighted by Gasteiger charge is -2.13. The number of hydrogen-bond acceptors (Lipinski definition) is 7. The molecule has 1 N–H and O–H groups in total. The topological polar surface area (TPSA) is 85.6 Å². The van der Waals surface area contributed by atoms with Crippen molar-refractivity contribution < 1.29 is 4.79 Å². The van der Waals surface area contributed by atoms with Crippen LogP contribution >= 0.6 is 23.1 Å². The van der Waals surface area contributed by atoms with Gasteiger partial charge in [-0.1, -0.05) is 67.2 Å². The number of thiazole rings is 1. The predicted octanol–water partition coefficient (Wildman–Crippen LogP) is 4.30. The van der Waals surface area contributed by atoms with Crippen LogP contribution < -0.4 is 5.32 Å². The molecular formula is C20H18N6OS2. The van der Waals surface area contributed by atoms with Crippen molar-refractivity contribution in [3.63, 3.8) is 0 Å². The summed E-state index contributed by atoms with van der Waals surface area (Å²) in [7, 11) is 0. The van der Waals surface area contributed by atoms with Gasteiger partial charge in [0.15, 0.2) is 5.13 Å². The summed E-state index contributed by atoms with van der Waals surface area (Å²) in [6, 6.07) is 19.5. The monoisotopic (exact) mass is 422 g/mol. The number of hydrogen-bond donors (Lipinski definition) is 1. The van der Waals surface area contributed by atoms with Gasteiger partial charge in [0.25, 0.3) is 0 Å². The van der Waals surface area contributed by atoms with Gasteiger partial charge in [-0.15, -0.1) is 16.4 Å². The fourth-order valence-corrected chi connectivity index (χ4v) is 4.33. The molecule has 4 aromatic rings. The van der Waals surface area contributed by atoms with Crippen molar-refractivity contribution in [1.29, 1.82) is 0 Å². The fourth-order valence-electron chi connectivity index (χ4n) is 2.69. The van der Waals surface area contributed by atoms with Crippen molar-refractivity contribution in [3.8, 4) is 16.9 Å². The van der Waals surface area contributed by atoms with Crippen LogP contribution in [0.4, 0.5) is 5.13 Å². The Kier molecular flexibility index (Phi) is 5.97. The molecule has 0 spiro atoms. The Labute approximate surface area is 176 Å². The van der Waals surface area contributed by atoms with Crippen molar-refractivity contribution in [1.82, 2.24) is 25.2 Å². The molecule has 1 atom stereocenters. The van der Waals surface area contributed by atoms with Crippen LogP contribution in [0.25, 0.3) is 16.9 Å². The number of para-hydroxylation sites is 1. The highest BCUT2D eigenvalue weighted by molar-refractivity contribution is 8.00. The first-order valence-electron chi connectivity index (χ1n) is 9.07. The largest absolute Gasteiger partial charge is 0.301 e. The minimum Gasteiger partial charge on any atom is -0.301 e. The average molecular weight is 423 g/mol. The molecule has 1 amide bonds. The van der Waals surface area contributed by atoms with Gasteiger partial charge in [-0.2, -0.15) is 4.68 Å². The lowest BCUT2D eigenvalue weighted by Crippen LogP contribution is -2.25. The first-order chi connectivity index (χ1) is 14.2. The van der Waals surface area contributed by atoms with E-state index in [1.165, 1.54) is 23.1 Å². The molecule has 2 aromatic carbocycles. The number of tetrazole rings is 1. The quantitative estimate of drug-likeness (QED) is 0.447. The number of carbonyl (C=O) groups is 1. The number of rotatable bonds is 7. The number of nitrogens with zero attached hydrogens (tertiary/aromatic N) is 5. The summed E-state index contributed by atoms with van der Waals surface area (Å²) in [4.78, 5) is 17.4. The predicted molar refractivity (Wildman–Crippen MR) is 115 cm³/mol. The summed E-state index contributed by atoms with van der Waals surface area (Å²) in [6.07, 6.45) is 0.634. The Hall–Kier alpha value is -3.04. The summed E-state index contributed by atoms with van der Waals surface area (Å²) in [5, 5.41) is 17.6. The van der Waals surface area contributed by atoms with E-state index in [1.54, 1.807) is 4.68 Å². The molecule has 0 radical (unpaired) electrons.